The Hall–Kier alpha value is -4.28. The van der Waals surface area contributed by atoms with Gasteiger partial charge in [-0.15, -0.1) is 0 Å². The van der Waals surface area contributed by atoms with Gasteiger partial charge in [-0.05, 0) is 24.3 Å². The van der Waals surface area contributed by atoms with Crippen molar-refractivity contribution in [3.05, 3.63) is 83.2 Å². The highest BCUT2D eigenvalue weighted by Gasteiger charge is 2.28. The summed E-state index contributed by atoms with van der Waals surface area (Å²) in [5.74, 6) is -0.938. The van der Waals surface area contributed by atoms with E-state index >= 15 is 0 Å². The van der Waals surface area contributed by atoms with Gasteiger partial charge in [-0.2, -0.15) is 10.4 Å². The molecule has 35 heavy (non-hydrogen) atoms. The Morgan fingerprint density at radius 2 is 1.89 bits per heavy atom. The summed E-state index contributed by atoms with van der Waals surface area (Å²) >= 11 is 0. The Kier molecular flexibility index (Phi) is 6.13. The van der Waals surface area contributed by atoms with Gasteiger partial charge in [-0.25, -0.2) is 9.78 Å². The molecule has 174 valence electrons. The van der Waals surface area contributed by atoms with Crippen molar-refractivity contribution in [1.29, 1.82) is 5.26 Å². The van der Waals surface area contributed by atoms with E-state index < -0.39 is 5.97 Å². The number of aromatic nitrogens is 3. The average Bonchev–Trinajstić information content (AvgIpc) is 3.28. The van der Waals surface area contributed by atoms with Crippen LogP contribution in [0.4, 0.5) is 0 Å². The number of nitriles is 1. The van der Waals surface area contributed by atoms with E-state index in [1.165, 1.54) is 0 Å². The highest BCUT2D eigenvalue weighted by Crippen LogP contribution is 2.35. The Morgan fingerprint density at radius 1 is 1.11 bits per heavy atom. The minimum Gasteiger partial charge on any atom is -0.478 e. The maximum atomic E-state index is 12.4. The Bertz CT molecular complexity index is 1480. The molecule has 7 nitrogen and oxygen atoms in total. The zero-order valence-electron chi connectivity index (χ0n) is 19.5. The summed E-state index contributed by atoms with van der Waals surface area (Å²) in [7, 11) is 0. The molecular weight excluding hydrogens is 438 g/mol. The molecule has 0 atom stereocenters. The van der Waals surface area contributed by atoms with Crippen molar-refractivity contribution in [2.45, 2.75) is 26.4 Å². The molecule has 0 saturated heterocycles. The third-order valence-corrected chi connectivity index (χ3v) is 6.35. The van der Waals surface area contributed by atoms with E-state index in [1.54, 1.807) is 4.68 Å². The first kappa shape index (κ1) is 22.5. The number of aryl methyl sites for hydroxylation is 1. The van der Waals surface area contributed by atoms with E-state index in [9.17, 15) is 9.90 Å². The van der Waals surface area contributed by atoms with E-state index in [4.69, 9.17) is 15.3 Å². The average molecular weight is 464 g/mol. The molecule has 5 rings (SSSR count). The smallest absolute Gasteiger partial charge is 0.336 e. The van der Waals surface area contributed by atoms with Crippen molar-refractivity contribution in [3.8, 4) is 17.3 Å². The topological polar surface area (TPSA) is 95.0 Å². The van der Waals surface area contributed by atoms with Crippen LogP contribution < -0.4 is 0 Å². The summed E-state index contributed by atoms with van der Waals surface area (Å²) in [5, 5.41) is 24.6. The van der Waals surface area contributed by atoms with Crippen LogP contribution in [-0.2, 0) is 13.1 Å². The Labute approximate surface area is 203 Å². The van der Waals surface area contributed by atoms with Crippen molar-refractivity contribution in [2.75, 3.05) is 13.1 Å². The standard InChI is InChI=1S/C28H25N5O2/c1-2-32-16-20(27-23(18-32)25(28(34)35)22-11-6-7-12-24(22)30-27)15-21-17-33(14-8-13-29)31-26(21)19-9-4-3-5-10-19/h3-7,9-12,15,17H,2,8,14,16,18H2,1H3,(H,34,35)/b20-15+. The molecule has 0 spiro atoms. The molecule has 2 aromatic carbocycles. The van der Waals surface area contributed by atoms with Gasteiger partial charge in [-0.3, -0.25) is 9.58 Å². The van der Waals surface area contributed by atoms with Crippen molar-refractivity contribution in [3.63, 3.8) is 0 Å². The fraction of sp³-hybridized carbons (Fsp3) is 0.214. The number of carboxylic acids is 1. The van der Waals surface area contributed by atoms with Crippen molar-refractivity contribution >= 4 is 28.5 Å². The van der Waals surface area contributed by atoms with Gasteiger partial charge in [0.15, 0.2) is 0 Å². The summed E-state index contributed by atoms with van der Waals surface area (Å²) in [6, 6.07) is 19.5. The van der Waals surface area contributed by atoms with Gasteiger partial charge >= 0.3 is 5.97 Å². The molecule has 1 aliphatic heterocycles. The number of likely N-dealkylation sites (N-methyl/N-ethyl adjacent to an activating group) is 1. The molecule has 1 aliphatic rings. The summed E-state index contributed by atoms with van der Waals surface area (Å²) < 4.78 is 1.80. The molecule has 0 unspecified atom stereocenters. The number of fused-ring (bicyclic) bond motifs is 2. The molecule has 4 aromatic rings. The number of pyridine rings is 1. The largest absolute Gasteiger partial charge is 0.478 e. The lowest BCUT2D eigenvalue weighted by Gasteiger charge is -2.30. The van der Waals surface area contributed by atoms with Crippen LogP contribution in [0.15, 0.2) is 60.8 Å². The van der Waals surface area contributed by atoms with Crippen LogP contribution in [0.1, 0.15) is 40.5 Å². The molecule has 7 heteroatoms. The Balaban J connectivity index is 1.72. The number of hydrogen-bond acceptors (Lipinski definition) is 5. The highest BCUT2D eigenvalue weighted by atomic mass is 16.4. The van der Waals surface area contributed by atoms with Crippen LogP contribution in [0.25, 0.3) is 33.8 Å². The van der Waals surface area contributed by atoms with Gasteiger partial charge in [0, 0.05) is 41.4 Å². The summed E-state index contributed by atoms with van der Waals surface area (Å²) in [5.41, 5.74) is 6.15. The lowest BCUT2D eigenvalue weighted by atomic mass is 9.92. The molecule has 2 aromatic heterocycles. The lowest BCUT2D eigenvalue weighted by molar-refractivity contribution is 0.0696. The quantitative estimate of drug-likeness (QED) is 0.428. The normalized spacial score (nSPS) is 14.7. The number of nitrogens with zero attached hydrogens (tertiary/aromatic N) is 5. The van der Waals surface area contributed by atoms with Crippen molar-refractivity contribution in [1.82, 2.24) is 19.7 Å². The minimum atomic E-state index is -0.938. The van der Waals surface area contributed by atoms with Gasteiger partial charge in [-0.1, -0.05) is 55.5 Å². The Morgan fingerprint density at radius 3 is 2.63 bits per heavy atom. The summed E-state index contributed by atoms with van der Waals surface area (Å²) in [6.07, 6.45) is 4.40. The number of carboxylic acid groups (broad SMARTS) is 1. The lowest BCUT2D eigenvalue weighted by Crippen LogP contribution is -2.31. The van der Waals surface area contributed by atoms with Crippen molar-refractivity contribution in [2.24, 2.45) is 0 Å². The molecule has 0 fully saturated rings. The second-order valence-corrected chi connectivity index (χ2v) is 8.58. The first-order chi connectivity index (χ1) is 17.1. The van der Waals surface area contributed by atoms with Crippen LogP contribution >= 0.6 is 0 Å². The number of aromatic carboxylic acids is 1. The second-order valence-electron chi connectivity index (χ2n) is 8.58. The summed E-state index contributed by atoms with van der Waals surface area (Å²) in [4.78, 5) is 19.5. The number of para-hydroxylation sites is 1. The van der Waals surface area contributed by atoms with Crippen LogP contribution in [-0.4, -0.2) is 43.8 Å². The van der Waals surface area contributed by atoms with E-state index in [2.05, 4.69) is 24.0 Å². The predicted molar refractivity (Wildman–Crippen MR) is 135 cm³/mol. The zero-order valence-corrected chi connectivity index (χ0v) is 19.5. The molecule has 0 bridgehead atoms. The molecular formula is C28H25N5O2. The molecule has 0 radical (unpaired) electrons. The van der Waals surface area contributed by atoms with Crippen LogP contribution in [0.3, 0.4) is 0 Å². The third-order valence-electron chi connectivity index (χ3n) is 6.35. The number of hydrogen-bond donors (Lipinski definition) is 1. The molecule has 3 heterocycles. The fourth-order valence-electron chi connectivity index (χ4n) is 4.68. The van der Waals surface area contributed by atoms with Crippen LogP contribution in [0.5, 0.6) is 0 Å². The number of benzene rings is 2. The van der Waals surface area contributed by atoms with Gasteiger partial charge in [0.05, 0.1) is 41.5 Å². The van der Waals surface area contributed by atoms with Gasteiger partial charge in [0.25, 0.3) is 0 Å². The maximum Gasteiger partial charge on any atom is 0.336 e. The fourth-order valence-corrected chi connectivity index (χ4v) is 4.68. The SMILES string of the molecule is CCN1C/C(=C\c2cn(CCC#N)nc2-c2ccccc2)c2nc3ccccc3c(C(=O)O)c2C1. The maximum absolute atomic E-state index is 12.4. The van der Waals surface area contributed by atoms with Gasteiger partial charge in [0.2, 0.25) is 0 Å². The molecule has 0 saturated carbocycles. The summed E-state index contributed by atoms with van der Waals surface area (Å²) in [6.45, 7) is 4.56. The zero-order chi connectivity index (χ0) is 24.4. The minimum absolute atomic E-state index is 0.322. The molecule has 0 aliphatic carbocycles. The van der Waals surface area contributed by atoms with Crippen LogP contribution in [0, 0.1) is 11.3 Å². The van der Waals surface area contributed by atoms with E-state index in [1.807, 2.05) is 60.8 Å². The first-order valence-corrected chi connectivity index (χ1v) is 11.7. The molecule has 0 amide bonds. The first-order valence-electron chi connectivity index (χ1n) is 11.7. The second kappa shape index (κ2) is 9.53. The van der Waals surface area contributed by atoms with Gasteiger partial charge in [0.1, 0.15) is 0 Å². The number of rotatable bonds is 6. The van der Waals surface area contributed by atoms with E-state index in [-0.39, 0.29) is 0 Å². The van der Waals surface area contributed by atoms with Crippen LogP contribution in [0.2, 0.25) is 0 Å². The van der Waals surface area contributed by atoms with Crippen molar-refractivity contribution < 1.29 is 9.90 Å². The predicted octanol–water partition coefficient (Wildman–Crippen LogP) is 5.09. The van der Waals surface area contributed by atoms with Gasteiger partial charge < -0.3 is 5.11 Å². The van der Waals surface area contributed by atoms with E-state index in [0.29, 0.717) is 42.5 Å². The number of carbonyl (C=O) groups is 1. The third kappa shape index (κ3) is 4.32. The monoisotopic (exact) mass is 463 g/mol. The van der Waals surface area contributed by atoms with E-state index in [0.717, 1.165) is 40.2 Å². The highest BCUT2D eigenvalue weighted by molar-refractivity contribution is 6.06. The molecule has 1 N–H and O–H groups in total.